The van der Waals surface area contributed by atoms with Crippen LogP contribution in [0.2, 0.25) is 0 Å². The number of hydrogen-bond acceptors (Lipinski definition) is 3. The number of para-hydroxylation sites is 1. The zero-order valence-corrected chi connectivity index (χ0v) is 14.6. The topological polar surface area (TPSA) is 26.8 Å². The van der Waals surface area contributed by atoms with Gasteiger partial charge in [-0.15, -0.1) is 0 Å². The largest absolute Gasteiger partial charge is 0.377 e. The summed E-state index contributed by atoms with van der Waals surface area (Å²) in [7, 11) is 6.08. The molecule has 0 radical (unpaired) electrons. The highest BCUT2D eigenvalue weighted by Gasteiger charge is 2.29. The van der Waals surface area contributed by atoms with Crippen molar-refractivity contribution >= 4 is 11.6 Å². The average Bonchev–Trinajstić information content (AvgIpc) is 2.62. The van der Waals surface area contributed by atoms with Crippen molar-refractivity contribution in [2.45, 2.75) is 6.04 Å². The molecule has 1 fully saturated rings. The first-order chi connectivity index (χ1) is 11.6. The molecule has 1 aliphatic heterocycles. The van der Waals surface area contributed by atoms with Gasteiger partial charge in [-0.2, -0.15) is 0 Å². The first-order valence-electron chi connectivity index (χ1n) is 8.38. The van der Waals surface area contributed by atoms with Gasteiger partial charge in [-0.3, -0.25) is 9.69 Å². The molecular weight excluding hydrogens is 298 g/mol. The number of hydrogen-bond donors (Lipinski definition) is 0. The van der Waals surface area contributed by atoms with E-state index in [1.54, 1.807) is 0 Å². The maximum absolute atomic E-state index is 13.1. The molecule has 0 bridgehead atoms. The lowest BCUT2D eigenvalue weighted by Crippen LogP contribution is -2.49. The number of amides is 1. The Labute approximate surface area is 144 Å². The molecule has 0 saturated carbocycles. The number of likely N-dealkylation sites (N-methyl/N-ethyl adjacent to an activating group) is 1. The molecule has 4 heteroatoms. The van der Waals surface area contributed by atoms with E-state index >= 15 is 0 Å². The molecular formula is C20H25N3O. The van der Waals surface area contributed by atoms with E-state index in [0.717, 1.165) is 30.9 Å². The fraction of sp³-hybridized carbons (Fsp3) is 0.350. The summed E-state index contributed by atoms with van der Waals surface area (Å²) in [6.07, 6.45) is 0. The van der Waals surface area contributed by atoms with Crippen LogP contribution in [0.3, 0.4) is 0 Å². The Kier molecular flexibility index (Phi) is 4.86. The van der Waals surface area contributed by atoms with Crippen LogP contribution in [0.1, 0.15) is 22.0 Å². The molecule has 2 aromatic rings. The number of benzene rings is 2. The average molecular weight is 323 g/mol. The van der Waals surface area contributed by atoms with Gasteiger partial charge in [0.15, 0.2) is 0 Å². The zero-order valence-electron chi connectivity index (χ0n) is 14.6. The Hall–Kier alpha value is -2.33. The molecule has 0 aliphatic carbocycles. The van der Waals surface area contributed by atoms with Crippen molar-refractivity contribution in [2.75, 3.05) is 45.7 Å². The van der Waals surface area contributed by atoms with Crippen molar-refractivity contribution in [1.82, 2.24) is 9.80 Å². The molecule has 1 heterocycles. The Morgan fingerprint density at radius 1 is 1.00 bits per heavy atom. The smallest absolute Gasteiger partial charge is 0.256 e. The fourth-order valence-corrected chi connectivity index (χ4v) is 3.31. The minimum atomic E-state index is 0.119. The SMILES string of the molecule is CN(C)c1ccccc1C(=O)N1CCN(C)[C@@H](c2ccccc2)C1. The summed E-state index contributed by atoms with van der Waals surface area (Å²) in [6, 6.07) is 18.5. The van der Waals surface area contributed by atoms with E-state index in [2.05, 4.69) is 36.2 Å². The number of carbonyl (C=O) groups excluding carboxylic acids is 1. The van der Waals surface area contributed by atoms with Crippen LogP contribution in [0.15, 0.2) is 54.6 Å². The third kappa shape index (κ3) is 3.29. The minimum absolute atomic E-state index is 0.119. The van der Waals surface area contributed by atoms with E-state index in [0.29, 0.717) is 0 Å². The molecule has 0 spiro atoms. The summed E-state index contributed by atoms with van der Waals surface area (Å²) in [5.74, 6) is 0.119. The lowest BCUT2D eigenvalue weighted by molar-refractivity contribution is 0.0547. The normalized spacial score (nSPS) is 18.5. The number of carbonyl (C=O) groups is 1. The van der Waals surface area contributed by atoms with Gasteiger partial charge in [0.2, 0.25) is 0 Å². The second-order valence-electron chi connectivity index (χ2n) is 6.57. The molecule has 126 valence electrons. The highest BCUT2D eigenvalue weighted by Crippen LogP contribution is 2.26. The summed E-state index contributed by atoms with van der Waals surface area (Å²) in [4.78, 5) is 19.4. The van der Waals surface area contributed by atoms with Crippen molar-refractivity contribution in [2.24, 2.45) is 0 Å². The summed E-state index contributed by atoms with van der Waals surface area (Å²) >= 11 is 0. The molecule has 1 amide bonds. The maximum atomic E-state index is 13.1. The Bertz CT molecular complexity index is 699. The second-order valence-corrected chi connectivity index (χ2v) is 6.57. The van der Waals surface area contributed by atoms with E-state index in [1.165, 1.54) is 5.56 Å². The first kappa shape index (κ1) is 16.5. The van der Waals surface area contributed by atoms with Crippen molar-refractivity contribution in [1.29, 1.82) is 0 Å². The van der Waals surface area contributed by atoms with E-state index in [9.17, 15) is 4.79 Å². The van der Waals surface area contributed by atoms with Crippen LogP contribution < -0.4 is 4.90 Å². The van der Waals surface area contributed by atoms with Crippen molar-refractivity contribution in [3.63, 3.8) is 0 Å². The predicted octanol–water partition coefficient (Wildman–Crippen LogP) is 2.88. The van der Waals surface area contributed by atoms with E-state index in [4.69, 9.17) is 0 Å². The van der Waals surface area contributed by atoms with E-state index in [-0.39, 0.29) is 11.9 Å². The molecule has 1 saturated heterocycles. The standard InChI is InChI=1S/C20H25N3O/c1-21(2)18-12-8-7-11-17(18)20(24)23-14-13-22(3)19(15-23)16-9-5-4-6-10-16/h4-12,19H,13-15H2,1-3H3/t19-/m1/s1. The third-order valence-electron chi connectivity index (χ3n) is 4.74. The van der Waals surface area contributed by atoms with Crippen LogP contribution in [-0.2, 0) is 0 Å². The lowest BCUT2D eigenvalue weighted by atomic mass is 10.0. The number of nitrogens with zero attached hydrogens (tertiary/aromatic N) is 3. The Balaban J connectivity index is 1.84. The van der Waals surface area contributed by atoms with Gasteiger partial charge in [0.25, 0.3) is 5.91 Å². The molecule has 24 heavy (non-hydrogen) atoms. The molecule has 3 rings (SSSR count). The minimum Gasteiger partial charge on any atom is -0.377 e. The van der Waals surface area contributed by atoms with Crippen LogP contribution >= 0.6 is 0 Å². The first-order valence-corrected chi connectivity index (χ1v) is 8.38. The number of rotatable bonds is 3. The van der Waals surface area contributed by atoms with Crippen LogP contribution in [0.4, 0.5) is 5.69 Å². The summed E-state index contributed by atoms with van der Waals surface area (Å²) < 4.78 is 0. The van der Waals surface area contributed by atoms with Crippen molar-refractivity contribution in [3.8, 4) is 0 Å². The monoisotopic (exact) mass is 323 g/mol. The predicted molar refractivity (Wildman–Crippen MR) is 98.5 cm³/mol. The molecule has 0 N–H and O–H groups in total. The van der Waals surface area contributed by atoms with Crippen LogP contribution in [0, 0.1) is 0 Å². The highest BCUT2D eigenvalue weighted by atomic mass is 16.2. The summed E-state index contributed by atoms with van der Waals surface area (Å²) in [6.45, 7) is 2.37. The molecule has 2 aromatic carbocycles. The van der Waals surface area contributed by atoms with Crippen LogP contribution in [-0.4, -0.2) is 56.5 Å². The van der Waals surface area contributed by atoms with E-state index < -0.39 is 0 Å². The lowest BCUT2D eigenvalue weighted by Gasteiger charge is -2.40. The number of piperazine rings is 1. The van der Waals surface area contributed by atoms with Gasteiger partial charge in [0, 0.05) is 39.4 Å². The van der Waals surface area contributed by atoms with Gasteiger partial charge in [-0.25, -0.2) is 0 Å². The Morgan fingerprint density at radius 2 is 1.67 bits per heavy atom. The summed E-state index contributed by atoms with van der Waals surface area (Å²) in [5, 5.41) is 0. The van der Waals surface area contributed by atoms with Gasteiger partial charge >= 0.3 is 0 Å². The summed E-state index contributed by atoms with van der Waals surface area (Å²) in [5.41, 5.74) is 3.01. The molecule has 0 aromatic heterocycles. The number of anilines is 1. The van der Waals surface area contributed by atoms with Crippen LogP contribution in [0.5, 0.6) is 0 Å². The fourth-order valence-electron chi connectivity index (χ4n) is 3.31. The second kappa shape index (κ2) is 7.05. The van der Waals surface area contributed by atoms with Gasteiger partial charge in [-0.1, -0.05) is 42.5 Å². The third-order valence-corrected chi connectivity index (χ3v) is 4.74. The zero-order chi connectivity index (χ0) is 17.1. The highest BCUT2D eigenvalue weighted by molar-refractivity contribution is 5.99. The van der Waals surface area contributed by atoms with Gasteiger partial charge < -0.3 is 9.80 Å². The van der Waals surface area contributed by atoms with Crippen molar-refractivity contribution in [3.05, 3.63) is 65.7 Å². The van der Waals surface area contributed by atoms with Crippen molar-refractivity contribution < 1.29 is 4.79 Å². The maximum Gasteiger partial charge on any atom is 0.256 e. The molecule has 4 nitrogen and oxygen atoms in total. The quantitative estimate of drug-likeness (QED) is 0.869. The Morgan fingerprint density at radius 3 is 2.38 bits per heavy atom. The van der Waals surface area contributed by atoms with Gasteiger partial charge in [-0.05, 0) is 24.7 Å². The molecule has 0 unspecified atom stereocenters. The van der Waals surface area contributed by atoms with E-state index in [1.807, 2.05) is 54.2 Å². The molecule has 1 atom stereocenters. The molecule has 1 aliphatic rings. The van der Waals surface area contributed by atoms with Crippen LogP contribution in [0.25, 0.3) is 0 Å². The van der Waals surface area contributed by atoms with Gasteiger partial charge in [0.1, 0.15) is 0 Å². The van der Waals surface area contributed by atoms with Gasteiger partial charge in [0.05, 0.1) is 11.6 Å².